The lowest BCUT2D eigenvalue weighted by molar-refractivity contribution is 0.00578. The number of nitrogens with one attached hydrogen (secondary N) is 1. The van der Waals surface area contributed by atoms with E-state index in [-0.39, 0.29) is 6.54 Å². The highest BCUT2D eigenvalue weighted by molar-refractivity contribution is 6.65. The van der Waals surface area contributed by atoms with Gasteiger partial charge in [0.15, 0.2) is 0 Å². The third-order valence-corrected chi connectivity index (χ3v) is 4.98. The highest BCUT2D eigenvalue weighted by Crippen LogP contribution is 2.37. The first-order chi connectivity index (χ1) is 11.2. The van der Waals surface area contributed by atoms with Gasteiger partial charge in [-0.15, -0.1) is 0 Å². The SMILES string of the molecule is CC1(C)OB(c2c(CNC(=O)O)ccc3ccccc23)OC1(C)C. The van der Waals surface area contributed by atoms with E-state index in [4.69, 9.17) is 14.4 Å². The molecule has 6 heteroatoms. The van der Waals surface area contributed by atoms with E-state index in [1.54, 1.807) is 0 Å². The summed E-state index contributed by atoms with van der Waals surface area (Å²) >= 11 is 0. The van der Waals surface area contributed by atoms with Gasteiger partial charge in [-0.3, -0.25) is 0 Å². The zero-order valence-electron chi connectivity index (χ0n) is 14.4. The van der Waals surface area contributed by atoms with Crippen LogP contribution >= 0.6 is 0 Å². The third kappa shape index (κ3) is 2.87. The molecule has 0 radical (unpaired) electrons. The number of hydrogen-bond acceptors (Lipinski definition) is 3. The van der Waals surface area contributed by atoms with Gasteiger partial charge in [0.2, 0.25) is 0 Å². The summed E-state index contributed by atoms with van der Waals surface area (Å²) in [6.07, 6.45) is -1.05. The molecule has 5 nitrogen and oxygen atoms in total. The lowest BCUT2D eigenvalue weighted by Gasteiger charge is -2.32. The zero-order chi connectivity index (χ0) is 17.5. The maximum atomic E-state index is 10.9. The molecule has 0 aliphatic carbocycles. The normalized spacial score (nSPS) is 18.8. The van der Waals surface area contributed by atoms with Gasteiger partial charge in [0.25, 0.3) is 0 Å². The standard InChI is InChI=1S/C18H22BNO4/c1-17(2)18(3,4)24-19(23-17)15-13(11-20-16(21)22)10-9-12-7-5-6-8-14(12)15/h5-10,20H,11H2,1-4H3,(H,21,22). The van der Waals surface area contributed by atoms with Gasteiger partial charge in [-0.1, -0.05) is 36.4 Å². The van der Waals surface area contributed by atoms with Crippen LogP contribution in [0, 0.1) is 0 Å². The smallest absolute Gasteiger partial charge is 0.465 e. The second-order valence-corrected chi connectivity index (χ2v) is 7.11. The minimum atomic E-state index is -1.05. The van der Waals surface area contributed by atoms with Crippen molar-refractivity contribution in [2.24, 2.45) is 0 Å². The Morgan fingerprint density at radius 2 is 1.71 bits per heavy atom. The number of rotatable bonds is 3. The molecule has 1 saturated heterocycles. The van der Waals surface area contributed by atoms with E-state index in [0.29, 0.717) is 0 Å². The summed E-state index contributed by atoms with van der Waals surface area (Å²) in [7, 11) is -0.535. The predicted octanol–water partition coefficient (Wildman–Crippen LogP) is 2.91. The molecule has 0 unspecified atom stereocenters. The summed E-state index contributed by atoms with van der Waals surface area (Å²) in [5.41, 5.74) is 0.841. The molecule has 2 N–H and O–H groups in total. The Balaban J connectivity index is 2.10. The van der Waals surface area contributed by atoms with E-state index in [2.05, 4.69) is 5.32 Å². The maximum Gasteiger partial charge on any atom is 0.495 e. The van der Waals surface area contributed by atoms with Crippen molar-refractivity contribution in [2.45, 2.75) is 45.4 Å². The summed E-state index contributed by atoms with van der Waals surface area (Å²) in [6.45, 7) is 8.24. The van der Waals surface area contributed by atoms with E-state index in [1.807, 2.05) is 64.1 Å². The maximum absolute atomic E-state index is 10.9. The number of carboxylic acid groups (broad SMARTS) is 1. The fraction of sp³-hybridized carbons (Fsp3) is 0.389. The first kappa shape index (κ1) is 16.8. The molecular formula is C18H22BNO4. The lowest BCUT2D eigenvalue weighted by atomic mass is 9.73. The van der Waals surface area contributed by atoms with Crippen LogP contribution in [0.3, 0.4) is 0 Å². The molecule has 24 heavy (non-hydrogen) atoms. The molecule has 1 heterocycles. The van der Waals surface area contributed by atoms with Gasteiger partial charge in [0, 0.05) is 6.54 Å². The summed E-state index contributed by atoms with van der Waals surface area (Å²) in [6, 6.07) is 11.9. The van der Waals surface area contributed by atoms with Crippen molar-refractivity contribution in [3.63, 3.8) is 0 Å². The molecule has 1 amide bonds. The van der Waals surface area contributed by atoms with Gasteiger partial charge in [0.05, 0.1) is 11.2 Å². The molecule has 0 saturated carbocycles. The third-order valence-electron chi connectivity index (χ3n) is 4.98. The molecule has 2 aromatic carbocycles. The van der Waals surface area contributed by atoms with Gasteiger partial charge < -0.3 is 19.7 Å². The van der Waals surface area contributed by atoms with Crippen molar-refractivity contribution in [1.29, 1.82) is 0 Å². The van der Waals surface area contributed by atoms with Crippen LogP contribution in [0.1, 0.15) is 33.3 Å². The second-order valence-electron chi connectivity index (χ2n) is 7.11. The molecular weight excluding hydrogens is 305 g/mol. The molecule has 0 atom stereocenters. The van der Waals surface area contributed by atoms with Crippen LogP contribution in [0.25, 0.3) is 10.8 Å². The molecule has 1 fully saturated rings. The summed E-state index contributed by atoms with van der Waals surface area (Å²) < 4.78 is 12.4. The Bertz CT molecular complexity index is 772. The van der Waals surface area contributed by atoms with Gasteiger partial charge in [-0.25, -0.2) is 4.79 Å². The Morgan fingerprint density at radius 1 is 1.08 bits per heavy atom. The highest BCUT2D eigenvalue weighted by atomic mass is 16.7. The molecule has 1 aliphatic rings. The number of amides is 1. The molecule has 2 aromatic rings. The molecule has 0 aromatic heterocycles. The van der Waals surface area contributed by atoms with Crippen LogP contribution in [-0.2, 0) is 15.9 Å². The second kappa shape index (κ2) is 5.79. The van der Waals surface area contributed by atoms with Crippen molar-refractivity contribution in [1.82, 2.24) is 5.32 Å². The van der Waals surface area contributed by atoms with Gasteiger partial charge in [-0.2, -0.15) is 0 Å². The van der Waals surface area contributed by atoms with Crippen LogP contribution < -0.4 is 10.8 Å². The monoisotopic (exact) mass is 327 g/mol. The van der Waals surface area contributed by atoms with E-state index < -0.39 is 24.4 Å². The van der Waals surface area contributed by atoms with Crippen LogP contribution in [-0.4, -0.2) is 29.5 Å². The van der Waals surface area contributed by atoms with Gasteiger partial charge >= 0.3 is 13.2 Å². The first-order valence-electron chi connectivity index (χ1n) is 8.04. The van der Waals surface area contributed by atoms with Crippen molar-refractivity contribution >= 4 is 29.4 Å². The van der Waals surface area contributed by atoms with Gasteiger partial charge in [-0.05, 0) is 49.5 Å². The van der Waals surface area contributed by atoms with Crippen molar-refractivity contribution in [3.05, 3.63) is 42.0 Å². The first-order valence-corrected chi connectivity index (χ1v) is 8.04. The van der Waals surface area contributed by atoms with Crippen LogP contribution in [0.5, 0.6) is 0 Å². The minimum Gasteiger partial charge on any atom is -0.465 e. The van der Waals surface area contributed by atoms with E-state index >= 15 is 0 Å². The average molecular weight is 327 g/mol. The highest BCUT2D eigenvalue weighted by Gasteiger charge is 2.52. The van der Waals surface area contributed by atoms with Crippen LogP contribution in [0.2, 0.25) is 0 Å². The number of fused-ring (bicyclic) bond motifs is 1. The fourth-order valence-electron chi connectivity index (χ4n) is 2.90. The van der Waals surface area contributed by atoms with Crippen molar-refractivity contribution in [2.75, 3.05) is 0 Å². The largest absolute Gasteiger partial charge is 0.495 e. The minimum absolute atomic E-state index is 0.208. The quantitative estimate of drug-likeness (QED) is 0.851. The van der Waals surface area contributed by atoms with E-state index in [0.717, 1.165) is 21.8 Å². The predicted molar refractivity (Wildman–Crippen MR) is 94.5 cm³/mol. The summed E-state index contributed by atoms with van der Waals surface area (Å²) in [5.74, 6) is 0. The van der Waals surface area contributed by atoms with Crippen molar-refractivity contribution in [3.8, 4) is 0 Å². The van der Waals surface area contributed by atoms with Crippen LogP contribution in [0.4, 0.5) is 4.79 Å². The number of hydrogen-bond donors (Lipinski definition) is 2. The topological polar surface area (TPSA) is 67.8 Å². The molecule has 3 rings (SSSR count). The molecule has 0 spiro atoms. The summed E-state index contributed by atoms with van der Waals surface area (Å²) in [5, 5.41) is 13.5. The Labute approximate surface area is 142 Å². The molecule has 126 valence electrons. The molecule has 0 bridgehead atoms. The number of benzene rings is 2. The summed E-state index contributed by atoms with van der Waals surface area (Å²) in [4.78, 5) is 10.9. The lowest BCUT2D eigenvalue weighted by Crippen LogP contribution is -2.41. The number of carbonyl (C=O) groups is 1. The van der Waals surface area contributed by atoms with Gasteiger partial charge in [0.1, 0.15) is 0 Å². The average Bonchev–Trinajstić information content (AvgIpc) is 2.72. The fourth-order valence-corrected chi connectivity index (χ4v) is 2.90. The van der Waals surface area contributed by atoms with Crippen LogP contribution in [0.15, 0.2) is 36.4 Å². The van der Waals surface area contributed by atoms with E-state index in [9.17, 15) is 4.79 Å². The van der Waals surface area contributed by atoms with Crippen molar-refractivity contribution < 1.29 is 19.2 Å². The zero-order valence-corrected chi connectivity index (χ0v) is 14.4. The van der Waals surface area contributed by atoms with E-state index in [1.165, 1.54) is 0 Å². The molecule has 1 aliphatic heterocycles. The Kier molecular flexibility index (Phi) is 4.05. The Hall–Kier alpha value is -2.05. The Morgan fingerprint density at radius 3 is 2.33 bits per heavy atom.